The van der Waals surface area contributed by atoms with Gasteiger partial charge in [-0.1, -0.05) is 11.6 Å². The minimum atomic E-state index is -0.569. The van der Waals surface area contributed by atoms with Gasteiger partial charge in [-0.15, -0.1) is 0 Å². The molecule has 148 valence electrons. The van der Waals surface area contributed by atoms with Crippen molar-refractivity contribution in [2.24, 2.45) is 5.92 Å². The lowest BCUT2D eigenvalue weighted by Crippen LogP contribution is -2.33. The fourth-order valence-corrected chi connectivity index (χ4v) is 3.52. The fraction of sp³-hybridized carbons (Fsp3) is 0.238. The lowest BCUT2D eigenvalue weighted by molar-refractivity contribution is -0.384. The van der Waals surface area contributed by atoms with Crippen LogP contribution in [0.15, 0.2) is 42.5 Å². The molecule has 0 spiro atoms. The Labute approximate surface area is 171 Å². The summed E-state index contributed by atoms with van der Waals surface area (Å²) in [5, 5.41) is 11.8. The number of halogens is 2. The second kappa shape index (κ2) is 7.40. The molecule has 0 aliphatic heterocycles. The highest BCUT2D eigenvalue weighted by molar-refractivity contribution is 6.32. The maximum absolute atomic E-state index is 13.7. The topological polar surface area (TPSA) is 76.3 Å². The van der Waals surface area contributed by atoms with Crippen LogP contribution >= 0.6 is 11.6 Å². The van der Waals surface area contributed by atoms with E-state index in [-0.39, 0.29) is 16.6 Å². The van der Waals surface area contributed by atoms with Gasteiger partial charge in [0.1, 0.15) is 10.8 Å². The van der Waals surface area contributed by atoms with Gasteiger partial charge in [0.25, 0.3) is 11.6 Å². The van der Waals surface area contributed by atoms with Crippen LogP contribution in [0.2, 0.25) is 5.02 Å². The molecule has 0 N–H and O–H groups in total. The molecule has 1 amide bonds. The van der Waals surface area contributed by atoms with E-state index >= 15 is 0 Å². The zero-order valence-corrected chi connectivity index (χ0v) is 16.3. The molecule has 2 aromatic carbocycles. The van der Waals surface area contributed by atoms with Crippen molar-refractivity contribution < 1.29 is 14.1 Å². The molecular formula is C21H17ClFN3O3. The van der Waals surface area contributed by atoms with Crippen molar-refractivity contribution in [3.8, 4) is 0 Å². The summed E-state index contributed by atoms with van der Waals surface area (Å²) >= 11 is 5.94. The number of hydrogen-bond acceptors (Lipinski definition) is 4. The van der Waals surface area contributed by atoms with Gasteiger partial charge in [-0.25, -0.2) is 4.39 Å². The summed E-state index contributed by atoms with van der Waals surface area (Å²) < 4.78 is 13.7. The molecule has 8 heteroatoms. The lowest BCUT2D eigenvalue weighted by atomic mass is 10.1. The Morgan fingerprint density at radius 1 is 1.28 bits per heavy atom. The molecule has 1 fully saturated rings. The summed E-state index contributed by atoms with van der Waals surface area (Å²) in [5.41, 5.74) is 1.51. The highest BCUT2D eigenvalue weighted by Crippen LogP contribution is 2.35. The minimum absolute atomic E-state index is 0.0123. The monoisotopic (exact) mass is 413 g/mol. The van der Waals surface area contributed by atoms with Gasteiger partial charge in [0.05, 0.1) is 21.7 Å². The summed E-state index contributed by atoms with van der Waals surface area (Å²) in [5.74, 6) is -0.395. The van der Waals surface area contributed by atoms with Crippen LogP contribution in [0, 0.1) is 28.8 Å². The van der Waals surface area contributed by atoms with Gasteiger partial charge in [-0.3, -0.25) is 19.9 Å². The molecule has 1 saturated carbocycles. The third-order valence-corrected chi connectivity index (χ3v) is 5.27. The van der Waals surface area contributed by atoms with E-state index in [1.54, 1.807) is 24.0 Å². The normalized spacial score (nSPS) is 13.5. The number of carbonyl (C=O) groups excluding carboxylic acids is 1. The second-order valence-electron chi connectivity index (χ2n) is 7.22. The number of rotatable bonds is 5. The Bertz CT molecular complexity index is 1140. The molecule has 0 radical (unpaired) electrons. The van der Waals surface area contributed by atoms with Gasteiger partial charge in [0.2, 0.25) is 0 Å². The van der Waals surface area contributed by atoms with E-state index in [0.29, 0.717) is 40.3 Å². The molecule has 3 aromatic rings. The summed E-state index contributed by atoms with van der Waals surface area (Å²) in [6.45, 7) is 2.18. The fourth-order valence-electron chi connectivity index (χ4n) is 3.33. The number of hydrogen-bond donors (Lipinski definition) is 0. The molecule has 4 rings (SSSR count). The van der Waals surface area contributed by atoms with Crippen molar-refractivity contribution in [1.29, 1.82) is 0 Å². The Morgan fingerprint density at radius 2 is 2.03 bits per heavy atom. The van der Waals surface area contributed by atoms with Crippen molar-refractivity contribution >= 4 is 39.8 Å². The van der Waals surface area contributed by atoms with Crippen molar-refractivity contribution in [3.05, 3.63) is 74.7 Å². The number of benzene rings is 2. The van der Waals surface area contributed by atoms with Crippen LogP contribution < -0.4 is 4.90 Å². The number of nitro groups is 1. The number of aryl methyl sites for hydroxylation is 1. The molecule has 0 saturated heterocycles. The van der Waals surface area contributed by atoms with E-state index in [0.717, 1.165) is 12.8 Å². The van der Waals surface area contributed by atoms with Gasteiger partial charge in [0, 0.05) is 29.8 Å². The largest absolute Gasteiger partial charge is 0.308 e. The maximum atomic E-state index is 13.7. The lowest BCUT2D eigenvalue weighted by Gasteiger charge is -2.24. The van der Waals surface area contributed by atoms with E-state index in [2.05, 4.69) is 4.98 Å². The van der Waals surface area contributed by atoms with Crippen LogP contribution in [-0.4, -0.2) is 22.4 Å². The maximum Gasteiger partial charge on any atom is 0.289 e. The predicted molar refractivity (Wildman–Crippen MR) is 109 cm³/mol. The Balaban J connectivity index is 1.83. The average molecular weight is 414 g/mol. The summed E-state index contributed by atoms with van der Waals surface area (Å²) in [7, 11) is 0. The molecule has 0 bridgehead atoms. The van der Waals surface area contributed by atoms with Crippen LogP contribution in [0.3, 0.4) is 0 Å². The predicted octanol–water partition coefficient (Wildman–Crippen LogP) is 5.30. The zero-order chi connectivity index (χ0) is 20.7. The van der Waals surface area contributed by atoms with E-state index in [9.17, 15) is 19.3 Å². The number of anilines is 1. The van der Waals surface area contributed by atoms with Crippen LogP contribution in [0.5, 0.6) is 0 Å². The Hall–Kier alpha value is -3.06. The third-order valence-electron chi connectivity index (χ3n) is 4.95. The minimum Gasteiger partial charge on any atom is -0.308 e. The van der Waals surface area contributed by atoms with Crippen molar-refractivity contribution in [1.82, 2.24) is 4.98 Å². The number of amides is 1. The number of aromatic nitrogens is 1. The van der Waals surface area contributed by atoms with Crippen molar-refractivity contribution in [2.45, 2.75) is 19.8 Å². The van der Waals surface area contributed by atoms with Gasteiger partial charge in [-0.05, 0) is 56.0 Å². The van der Waals surface area contributed by atoms with E-state index in [1.807, 2.05) is 0 Å². The number of nitro benzene ring substituents is 1. The zero-order valence-electron chi connectivity index (χ0n) is 15.6. The van der Waals surface area contributed by atoms with Crippen molar-refractivity contribution in [3.63, 3.8) is 0 Å². The van der Waals surface area contributed by atoms with Crippen LogP contribution in [0.1, 0.15) is 28.9 Å². The molecule has 0 unspecified atom stereocenters. The first kappa shape index (κ1) is 19.3. The van der Waals surface area contributed by atoms with Crippen LogP contribution in [0.4, 0.5) is 15.8 Å². The first-order valence-electron chi connectivity index (χ1n) is 9.16. The number of pyridine rings is 1. The van der Waals surface area contributed by atoms with Crippen LogP contribution in [-0.2, 0) is 0 Å². The van der Waals surface area contributed by atoms with Gasteiger partial charge in [-0.2, -0.15) is 0 Å². The highest BCUT2D eigenvalue weighted by Gasteiger charge is 2.30. The van der Waals surface area contributed by atoms with Crippen molar-refractivity contribution in [2.75, 3.05) is 11.4 Å². The smallest absolute Gasteiger partial charge is 0.289 e. The van der Waals surface area contributed by atoms with Crippen LogP contribution in [0.25, 0.3) is 10.9 Å². The van der Waals surface area contributed by atoms with Gasteiger partial charge in [0.15, 0.2) is 0 Å². The van der Waals surface area contributed by atoms with E-state index < -0.39 is 10.7 Å². The molecular weight excluding hydrogens is 397 g/mol. The molecule has 6 nitrogen and oxygen atoms in total. The first-order chi connectivity index (χ1) is 13.8. The summed E-state index contributed by atoms with van der Waals surface area (Å²) in [4.78, 5) is 30.1. The molecule has 1 aliphatic rings. The molecule has 1 heterocycles. The number of carbonyl (C=O) groups is 1. The quantitative estimate of drug-likeness (QED) is 0.420. The molecule has 0 atom stereocenters. The Kier molecular flexibility index (Phi) is 4.92. The molecule has 1 aromatic heterocycles. The summed E-state index contributed by atoms with van der Waals surface area (Å²) in [6, 6.07) is 10.1. The third kappa shape index (κ3) is 3.91. The molecule has 1 aliphatic carbocycles. The second-order valence-corrected chi connectivity index (χ2v) is 7.63. The van der Waals surface area contributed by atoms with E-state index in [4.69, 9.17) is 11.6 Å². The average Bonchev–Trinajstić information content (AvgIpc) is 3.49. The number of fused-ring (bicyclic) bond motifs is 1. The first-order valence-corrected chi connectivity index (χ1v) is 9.54. The van der Waals surface area contributed by atoms with E-state index in [1.165, 1.54) is 30.3 Å². The highest BCUT2D eigenvalue weighted by atomic mass is 35.5. The molecule has 29 heavy (non-hydrogen) atoms. The Morgan fingerprint density at radius 3 is 2.72 bits per heavy atom. The number of nitrogens with zero attached hydrogens (tertiary/aromatic N) is 3. The summed E-state index contributed by atoms with van der Waals surface area (Å²) in [6.07, 6.45) is 2.00. The van der Waals surface area contributed by atoms with Gasteiger partial charge < -0.3 is 4.90 Å². The van der Waals surface area contributed by atoms with Gasteiger partial charge >= 0.3 is 0 Å². The SMILES string of the molecule is Cc1cc(C(=O)N(CC2CC2)c2ccc(Cl)c([N+](=O)[O-])c2)c2ccc(F)cc2n1. The standard InChI is InChI=1S/C21H17ClFN3O3/c1-12-8-17(16-6-4-14(23)9-19(16)24-12)21(27)25(11-13-2-3-13)15-5-7-18(22)20(10-15)26(28)29/h4-10,13H,2-3,11H2,1H3.